The van der Waals surface area contributed by atoms with Crippen LogP contribution in [-0.4, -0.2) is 15.6 Å². The predicted octanol–water partition coefficient (Wildman–Crippen LogP) is 3.40. The van der Waals surface area contributed by atoms with Crippen LogP contribution in [0.2, 0.25) is 0 Å². The largest absolute Gasteiger partial charge is 0.294 e. The standard InChI is InChI=1S/C16H18N2O/c1-3-8-18-10-15(11(2)17-18)13-4-6-14-12(9-13)5-7-16(14)19/h4,6,9-10H,3,5,7-8H2,1-2H3. The third-order valence-corrected chi connectivity index (χ3v) is 3.74. The van der Waals surface area contributed by atoms with Crippen LogP contribution in [0.1, 0.15) is 41.4 Å². The zero-order valence-electron chi connectivity index (χ0n) is 11.4. The number of hydrogen-bond donors (Lipinski definition) is 0. The molecule has 1 heterocycles. The van der Waals surface area contributed by atoms with E-state index in [0.717, 1.165) is 30.6 Å². The fraction of sp³-hybridized carbons (Fsp3) is 0.375. The molecule has 98 valence electrons. The fourth-order valence-electron chi connectivity index (χ4n) is 2.77. The molecule has 0 saturated heterocycles. The summed E-state index contributed by atoms with van der Waals surface area (Å²) in [7, 11) is 0. The Kier molecular flexibility index (Phi) is 2.97. The van der Waals surface area contributed by atoms with Gasteiger partial charge in [0.1, 0.15) is 0 Å². The lowest BCUT2D eigenvalue weighted by molar-refractivity contribution is 0.0994. The molecule has 1 aromatic heterocycles. The zero-order chi connectivity index (χ0) is 13.4. The van der Waals surface area contributed by atoms with Gasteiger partial charge < -0.3 is 0 Å². The Hall–Kier alpha value is -1.90. The van der Waals surface area contributed by atoms with Crippen LogP contribution in [0, 0.1) is 6.92 Å². The van der Waals surface area contributed by atoms with Crippen molar-refractivity contribution in [2.75, 3.05) is 0 Å². The highest BCUT2D eigenvalue weighted by Gasteiger charge is 2.20. The zero-order valence-corrected chi connectivity index (χ0v) is 11.4. The maximum Gasteiger partial charge on any atom is 0.163 e. The molecule has 0 saturated carbocycles. The predicted molar refractivity (Wildman–Crippen MR) is 75.3 cm³/mol. The molecular formula is C16H18N2O. The summed E-state index contributed by atoms with van der Waals surface area (Å²) in [5.74, 6) is 0.278. The van der Waals surface area contributed by atoms with Crippen LogP contribution in [0.3, 0.4) is 0 Å². The maximum absolute atomic E-state index is 11.7. The van der Waals surface area contributed by atoms with Crippen molar-refractivity contribution >= 4 is 5.78 Å². The molecule has 0 radical (unpaired) electrons. The Bertz CT molecular complexity index is 640. The van der Waals surface area contributed by atoms with E-state index >= 15 is 0 Å². The van der Waals surface area contributed by atoms with Gasteiger partial charge in [-0.15, -0.1) is 0 Å². The van der Waals surface area contributed by atoms with Crippen molar-refractivity contribution in [2.24, 2.45) is 0 Å². The average molecular weight is 254 g/mol. The van der Waals surface area contributed by atoms with Crippen molar-refractivity contribution in [3.8, 4) is 11.1 Å². The van der Waals surface area contributed by atoms with Gasteiger partial charge in [0.25, 0.3) is 0 Å². The van der Waals surface area contributed by atoms with Crippen molar-refractivity contribution in [1.82, 2.24) is 9.78 Å². The summed E-state index contributed by atoms with van der Waals surface area (Å²) in [5.41, 5.74) is 5.49. The van der Waals surface area contributed by atoms with Crippen LogP contribution in [0.5, 0.6) is 0 Å². The van der Waals surface area contributed by atoms with E-state index in [-0.39, 0.29) is 5.78 Å². The van der Waals surface area contributed by atoms with Crippen LogP contribution in [0.25, 0.3) is 11.1 Å². The summed E-state index contributed by atoms with van der Waals surface area (Å²) >= 11 is 0. The molecule has 3 rings (SSSR count). The monoisotopic (exact) mass is 254 g/mol. The SMILES string of the molecule is CCCn1cc(-c2ccc3c(c2)CCC3=O)c(C)n1. The third-order valence-electron chi connectivity index (χ3n) is 3.74. The van der Waals surface area contributed by atoms with E-state index in [2.05, 4.69) is 24.3 Å². The second kappa shape index (κ2) is 4.65. The molecule has 0 amide bonds. The van der Waals surface area contributed by atoms with E-state index in [1.165, 1.54) is 16.7 Å². The minimum Gasteiger partial charge on any atom is -0.294 e. The molecule has 1 aliphatic rings. The number of ketones is 1. The second-order valence-electron chi connectivity index (χ2n) is 5.19. The molecule has 1 aliphatic carbocycles. The summed E-state index contributed by atoms with van der Waals surface area (Å²) < 4.78 is 2.00. The van der Waals surface area contributed by atoms with Gasteiger partial charge in [-0.25, -0.2) is 0 Å². The number of hydrogen-bond acceptors (Lipinski definition) is 2. The van der Waals surface area contributed by atoms with Gasteiger partial charge >= 0.3 is 0 Å². The molecule has 0 aliphatic heterocycles. The minimum atomic E-state index is 0.278. The van der Waals surface area contributed by atoms with Gasteiger partial charge in [0, 0.05) is 30.3 Å². The Labute approximate surface area is 113 Å². The lowest BCUT2D eigenvalue weighted by Gasteiger charge is -2.03. The molecule has 3 heteroatoms. The average Bonchev–Trinajstić information content (AvgIpc) is 2.94. The van der Waals surface area contributed by atoms with Gasteiger partial charge in [-0.3, -0.25) is 9.48 Å². The molecule has 0 spiro atoms. The topological polar surface area (TPSA) is 34.9 Å². The molecule has 3 nitrogen and oxygen atoms in total. The lowest BCUT2D eigenvalue weighted by Crippen LogP contribution is -1.96. The van der Waals surface area contributed by atoms with Gasteiger partial charge in [-0.05, 0) is 30.9 Å². The number of nitrogens with zero attached hydrogens (tertiary/aromatic N) is 2. The van der Waals surface area contributed by atoms with Crippen LogP contribution in [-0.2, 0) is 13.0 Å². The van der Waals surface area contributed by atoms with Crippen molar-refractivity contribution in [3.63, 3.8) is 0 Å². The molecule has 0 fully saturated rings. The van der Waals surface area contributed by atoms with Gasteiger partial charge in [0.05, 0.1) is 5.69 Å². The number of carbonyl (C=O) groups excluding carboxylic acids is 1. The normalized spacial score (nSPS) is 13.9. The number of benzene rings is 1. The third kappa shape index (κ3) is 2.09. The van der Waals surface area contributed by atoms with Gasteiger partial charge in [0.15, 0.2) is 5.78 Å². The minimum absolute atomic E-state index is 0.278. The molecular weight excluding hydrogens is 236 g/mol. The molecule has 19 heavy (non-hydrogen) atoms. The Morgan fingerprint density at radius 1 is 1.26 bits per heavy atom. The number of Topliss-reactive ketones (excluding diaryl/α,β-unsaturated/α-hetero) is 1. The van der Waals surface area contributed by atoms with Gasteiger partial charge in [-0.1, -0.05) is 25.1 Å². The van der Waals surface area contributed by atoms with E-state index in [1.54, 1.807) is 0 Å². The highest BCUT2D eigenvalue weighted by atomic mass is 16.1. The highest BCUT2D eigenvalue weighted by molar-refractivity contribution is 6.00. The summed E-state index contributed by atoms with van der Waals surface area (Å²) in [6.07, 6.45) is 4.73. The van der Waals surface area contributed by atoms with Crippen molar-refractivity contribution in [3.05, 3.63) is 41.2 Å². The molecule has 1 aromatic carbocycles. The first-order valence-electron chi connectivity index (χ1n) is 6.89. The van der Waals surface area contributed by atoms with Crippen LogP contribution in [0.15, 0.2) is 24.4 Å². The summed E-state index contributed by atoms with van der Waals surface area (Å²) in [6, 6.07) is 6.17. The summed E-state index contributed by atoms with van der Waals surface area (Å²) in [6.45, 7) is 5.14. The van der Waals surface area contributed by atoms with Crippen LogP contribution >= 0.6 is 0 Å². The van der Waals surface area contributed by atoms with Crippen molar-refractivity contribution in [1.29, 1.82) is 0 Å². The second-order valence-corrected chi connectivity index (χ2v) is 5.19. The molecule has 0 bridgehead atoms. The fourth-order valence-corrected chi connectivity index (χ4v) is 2.77. The summed E-state index contributed by atoms with van der Waals surface area (Å²) in [4.78, 5) is 11.7. The lowest BCUT2D eigenvalue weighted by atomic mass is 10.0. The molecule has 0 atom stereocenters. The van der Waals surface area contributed by atoms with E-state index in [1.807, 2.05) is 23.7 Å². The van der Waals surface area contributed by atoms with E-state index < -0.39 is 0 Å². The van der Waals surface area contributed by atoms with Crippen LogP contribution in [0.4, 0.5) is 0 Å². The van der Waals surface area contributed by atoms with Crippen molar-refractivity contribution in [2.45, 2.75) is 39.7 Å². The quantitative estimate of drug-likeness (QED) is 0.841. The number of fused-ring (bicyclic) bond motifs is 1. The van der Waals surface area contributed by atoms with Crippen molar-refractivity contribution < 1.29 is 4.79 Å². The summed E-state index contributed by atoms with van der Waals surface area (Å²) in [5, 5.41) is 4.53. The molecule has 0 unspecified atom stereocenters. The van der Waals surface area contributed by atoms with Gasteiger partial charge in [0.2, 0.25) is 0 Å². The first-order chi connectivity index (χ1) is 9.19. The van der Waals surface area contributed by atoms with E-state index in [9.17, 15) is 4.79 Å². The van der Waals surface area contributed by atoms with Crippen LogP contribution < -0.4 is 0 Å². The van der Waals surface area contributed by atoms with Gasteiger partial charge in [-0.2, -0.15) is 5.10 Å². The number of carbonyl (C=O) groups is 1. The number of aryl methyl sites for hydroxylation is 3. The first-order valence-corrected chi connectivity index (χ1v) is 6.89. The van der Waals surface area contributed by atoms with E-state index in [4.69, 9.17) is 0 Å². The number of rotatable bonds is 3. The smallest absolute Gasteiger partial charge is 0.163 e. The number of aromatic nitrogens is 2. The van der Waals surface area contributed by atoms with E-state index in [0.29, 0.717) is 6.42 Å². The maximum atomic E-state index is 11.7. The Morgan fingerprint density at radius 3 is 2.89 bits per heavy atom. The Morgan fingerprint density at radius 2 is 2.11 bits per heavy atom. The first kappa shape index (κ1) is 12.2. The molecule has 0 N–H and O–H groups in total. The highest BCUT2D eigenvalue weighted by Crippen LogP contribution is 2.29. The molecule has 2 aromatic rings. The Balaban J connectivity index is 2.01.